The molecule has 0 aromatic heterocycles. The fourth-order valence-electron chi connectivity index (χ4n) is 2.31. The van der Waals surface area contributed by atoms with Gasteiger partial charge >= 0.3 is 6.09 Å². The number of ether oxygens (including phenoxy) is 1. The van der Waals surface area contributed by atoms with Crippen LogP contribution in [0.4, 0.5) is 9.18 Å². The van der Waals surface area contributed by atoms with Gasteiger partial charge in [0.05, 0.1) is 6.54 Å². The third-order valence-corrected chi connectivity index (χ3v) is 3.72. The van der Waals surface area contributed by atoms with Gasteiger partial charge in [0.1, 0.15) is 12.8 Å². The van der Waals surface area contributed by atoms with E-state index in [1.807, 2.05) is 31.2 Å². The minimum Gasteiger partial charge on any atom is -0.445 e. The second-order valence-electron chi connectivity index (χ2n) is 5.29. The standard InChI is InChI=1S/C15H21FN2O2.ClH/c1-11-2-4-12(5-3-11)10-20-15(19)18-7-6-13(8-17)14(16)9-18;/h2-5,13-14H,6-10,17H2,1H3;1H/t13-,14-;/m1./s1. The number of halogens is 2. The van der Waals surface area contributed by atoms with Crippen LogP contribution in [0.15, 0.2) is 24.3 Å². The third-order valence-electron chi connectivity index (χ3n) is 3.72. The van der Waals surface area contributed by atoms with E-state index in [4.69, 9.17) is 10.5 Å². The van der Waals surface area contributed by atoms with E-state index in [0.717, 1.165) is 11.1 Å². The van der Waals surface area contributed by atoms with Crippen molar-refractivity contribution in [2.45, 2.75) is 26.1 Å². The summed E-state index contributed by atoms with van der Waals surface area (Å²) >= 11 is 0. The number of nitrogens with two attached hydrogens (primary N) is 1. The molecule has 1 aliphatic rings. The van der Waals surface area contributed by atoms with Gasteiger partial charge in [0.15, 0.2) is 0 Å². The van der Waals surface area contributed by atoms with Crippen LogP contribution in [0.2, 0.25) is 0 Å². The molecule has 4 nitrogen and oxygen atoms in total. The Labute approximate surface area is 130 Å². The normalized spacial score (nSPS) is 21.6. The van der Waals surface area contributed by atoms with Crippen LogP contribution in [0.25, 0.3) is 0 Å². The first kappa shape index (κ1) is 17.7. The second-order valence-corrected chi connectivity index (χ2v) is 5.29. The summed E-state index contributed by atoms with van der Waals surface area (Å²) < 4.78 is 19.0. The number of hydrogen-bond donors (Lipinski definition) is 1. The number of nitrogens with zero attached hydrogens (tertiary/aromatic N) is 1. The van der Waals surface area contributed by atoms with E-state index in [-0.39, 0.29) is 31.5 Å². The highest BCUT2D eigenvalue weighted by molar-refractivity contribution is 5.85. The monoisotopic (exact) mass is 316 g/mol. The van der Waals surface area contributed by atoms with E-state index in [1.54, 1.807) is 0 Å². The largest absolute Gasteiger partial charge is 0.445 e. The summed E-state index contributed by atoms with van der Waals surface area (Å²) in [6.45, 7) is 3.13. The van der Waals surface area contributed by atoms with Crippen molar-refractivity contribution in [3.63, 3.8) is 0 Å². The highest BCUT2D eigenvalue weighted by Gasteiger charge is 2.31. The van der Waals surface area contributed by atoms with Gasteiger partial charge in [0.2, 0.25) is 0 Å². The van der Waals surface area contributed by atoms with E-state index in [2.05, 4.69) is 0 Å². The Morgan fingerprint density at radius 1 is 1.43 bits per heavy atom. The first-order valence-electron chi connectivity index (χ1n) is 6.91. The first-order chi connectivity index (χ1) is 9.60. The molecule has 0 aliphatic carbocycles. The van der Waals surface area contributed by atoms with Gasteiger partial charge in [-0.3, -0.25) is 0 Å². The number of amides is 1. The third kappa shape index (κ3) is 4.86. The Bertz CT molecular complexity index is 455. The highest BCUT2D eigenvalue weighted by Crippen LogP contribution is 2.20. The van der Waals surface area contributed by atoms with E-state index >= 15 is 0 Å². The van der Waals surface area contributed by atoms with Crippen molar-refractivity contribution in [1.82, 2.24) is 4.90 Å². The van der Waals surface area contributed by atoms with Gasteiger partial charge < -0.3 is 15.4 Å². The van der Waals surface area contributed by atoms with Crippen molar-refractivity contribution < 1.29 is 13.9 Å². The average molecular weight is 317 g/mol. The van der Waals surface area contributed by atoms with Crippen molar-refractivity contribution in [3.8, 4) is 0 Å². The quantitative estimate of drug-likeness (QED) is 0.932. The van der Waals surface area contributed by atoms with E-state index in [1.165, 1.54) is 4.90 Å². The van der Waals surface area contributed by atoms with Gasteiger partial charge in [0.25, 0.3) is 0 Å². The molecule has 6 heteroatoms. The Kier molecular flexibility index (Phi) is 6.92. The van der Waals surface area contributed by atoms with Crippen LogP contribution >= 0.6 is 12.4 Å². The molecule has 0 saturated carbocycles. The molecule has 21 heavy (non-hydrogen) atoms. The van der Waals surface area contributed by atoms with Crippen molar-refractivity contribution >= 4 is 18.5 Å². The lowest BCUT2D eigenvalue weighted by atomic mass is 9.95. The molecule has 2 rings (SSSR count). The summed E-state index contributed by atoms with van der Waals surface area (Å²) in [5.74, 6) is -0.142. The molecule has 1 saturated heterocycles. The lowest BCUT2D eigenvalue weighted by Crippen LogP contribution is -2.46. The van der Waals surface area contributed by atoms with Crippen LogP contribution in [0.1, 0.15) is 17.5 Å². The molecule has 1 fully saturated rings. The highest BCUT2D eigenvalue weighted by atomic mass is 35.5. The Hall–Kier alpha value is -1.33. The van der Waals surface area contributed by atoms with Gasteiger partial charge in [-0.1, -0.05) is 29.8 Å². The minimum absolute atomic E-state index is 0. The van der Waals surface area contributed by atoms with E-state index in [0.29, 0.717) is 19.5 Å². The molecule has 1 amide bonds. The Balaban J connectivity index is 0.00000220. The summed E-state index contributed by atoms with van der Waals surface area (Å²) in [6.07, 6.45) is -0.915. The first-order valence-corrected chi connectivity index (χ1v) is 6.91. The maximum atomic E-state index is 13.7. The lowest BCUT2D eigenvalue weighted by molar-refractivity contribution is 0.0536. The predicted octanol–water partition coefficient (Wildman–Crippen LogP) is 2.67. The number of likely N-dealkylation sites (tertiary alicyclic amines) is 1. The summed E-state index contributed by atoms with van der Waals surface area (Å²) in [4.78, 5) is 13.3. The Morgan fingerprint density at radius 3 is 2.67 bits per heavy atom. The maximum absolute atomic E-state index is 13.7. The van der Waals surface area contributed by atoms with E-state index < -0.39 is 12.3 Å². The van der Waals surface area contributed by atoms with Gasteiger partial charge in [-0.2, -0.15) is 0 Å². The number of hydrogen-bond acceptors (Lipinski definition) is 3. The molecule has 118 valence electrons. The molecule has 1 aromatic carbocycles. The number of carbonyl (C=O) groups is 1. The van der Waals surface area contributed by atoms with Crippen LogP contribution in [0.5, 0.6) is 0 Å². The Morgan fingerprint density at radius 2 is 2.10 bits per heavy atom. The molecule has 0 unspecified atom stereocenters. The minimum atomic E-state index is -1.05. The molecular weight excluding hydrogens is 295 g/mol. The van der Waals surface area contributed by atoms with Gasteiger partial charge in [-0.15, -0.1) is 12.4 Å². The molecule has 1 aromatic rings. The number of rotatable bonds is 3. The zero-order valence-corrected chi connectivity index (χ0v) is 12.9. The predicted molar refractivity (Wildman–Crippen MR) is 82.2 cm³/mol. The van der Waals surface area contributed by atoms with Crippen molar-refractivity contribution in [2.24, 2.45) is 11.7 Å². The number of aryl methyl sites for hydroxylation is 1. The zero-order valence-electron chi connectivity index (χ0n) is 12.1. The number of piperidine rings is 1. The molecule has 1 aliphatic heterocycles. The lowest BCUT2D eigenvalue weighted by Gasteiger charge is -2.33. The van der Waals surface area contributed by atoms with Crippen molar-refractivity contribution in [3.05, 3.63) is 35.4 Å². The summed E-state index contributed by atoms with van der Waals surface area (Å²) in [7, 11) is 0. The van der Waals surface area contributed by atoms with Crippen LogP contribution in [-0.2, 0) is 11.3 Å². The molecule has 0 bridgehead atoms. The van der Waals surface area contributed by atoms with Crippen molar-refractivity contribution in [1.29, 1.82) is 0 Å². The molecular formula is C15H22ClFN2O2. The number of benzene rings is 1. The second kappa shape index (κ2) is 8.20. The topological polar surface area (TPSA) is 55.6 Å². The maximum Gasteiger partial charge on any atom is 0.410 e. The fourth-order valence-corrected chi connectivity index (χ4v) is 2.31. The number of carbonyl (C=O) groups excluding carboxylic acids is 1. The van der Waals surface area contributed by atoms with Gasteiger partial charge in [-0.05, 0) is 25.5 Å². The fraction of sp³-hybridized carbons (Fsp3) is 0.533. The summed E-state index contributed by atoms with van der Waals surface area (Å²) in [6, 6.07) is 7.77. The van der Waals surface area contributed by atoms with Crippen LogP contribution in [-0.4, -0.2) is 36.8 Å². The van der Waals surface area contributed by atoms with Gasteiger partial charge in [-0.25, -0.2) is 9.18 Å². The molecule has 1 heterocycles. The van der Waals surface area contributed by atoms with Crippen LogP contribution in [0.3, 0.4) is 0 Å². The zero-order chi connectivity index (χ0) is 14.5. The molecule has 2 atom stereocenters. The molecule has 2 N–H and O–H groups in total. The summed E-state index contributed by atoms with van der Waals surface area (Å²) in [5, 5.41) is 0. The van der Waals surface area contributed by atoms with Crippen LogP contribution < -0.4 is 5.73 Å². The SMILES string of the molecule is Cc1ccc(COC(=O)N2CC[C@H](CN)[C@H](F)C2)cc1.Cl. The molecule has 0 spiro atoms. The van der Waals surface area contributed by atoms with Crippen LogP contribution in [0, 0.1) is 12.8 Å². The average Bonchev–Trinajstić information content (AvgIpc) is 2.46. The summed E-state index contributed by atoms with van der Waals surface area (Å²) in [5.41, 5.74) is 7.57. The van der Waals surface area contributed by atoms with Gasteiger partial charge in [0, 0.05) is 12.5 Å². The van der Waals surface area contributed by atoms with E-state index in [9.17, 15) is 9.18 Å². The smallest absolute Gasteiger partial charge is 0.410 e. The molecule has 0 radical (unpaired) electrons. The van der Waals surface area contributed by atoms with Crippen molar-refractivity contribution in [2.75, 3.05) is 19.6 Å². The number of alkyl halides is 1.